The molecular formula is C11H11N3O. The van der Waals surface area contributed by atoms with Gasteiger partial charge >= 0.3 is 0 Å². The van der Waals surface area contributed by atoms with Crippen LogP contribution in [-0.4, -0.2) is 11.9 Å². The quantitative estimate of drug-likeness (QED) is 0.671. The van der Waals surface area contributed by atoms with Gasteiger partial charge in [-0.25, -0.2) is 0 Å². The Labute approximate surface area is 87.9 Å². The van der Waals surface area contributed by atoms with Gasteiger partial charge in [0.2, 0.25) is 5.91 Å². The van der Waals surface area contributed by atoms with Crippen molar-refractivity contribution in [3.8, 4) is 6.07 Å². The van der Waals surface area contributed by atoms with Crippen LogP contribution in [0, 0.1) is 11.3 Å². The van der Waals surface area contributed by atoms with Crippen molar-refractivity contribution in [2.75, 3.05) is 10.6 Å². The van der Waals surface area contributed by atoms with Crippen molar-refractivity contribution < 1.29 is 4.79 Å². The zero-order valence-corrected chi connectivity index (χ0v) is 8.37. The second-order valence-corrected chi connectivity index (χ2v) is 3.67. The molecule has 1 aliphatic heterocycles. The Hall–Kier alpha value is -2.02. The molecule has 1 unspecified atom stereocenters. The summed E-state index contributed by atoms with van der Waals surface area (Å²) < 4.78 is 0. The lowest BCUT2D eigenvalue weighted by Crippen LogP contribution is -2.18. The van der Waals surface area contributed by atoms with E-state index in [1.165, 1.54) is 0 Å². The van der Waals surface area contributed by atoms with Crippen molar-refractivity contribution in [1.29, 1.82) is 5.26 Å². The Morgan fingerprint density at radius 1 is 1.47 bits per heavy atom. The molecule has 0 aromatic heterocycles. The normalized spacial score (nSPS) is 19.2. The van der Waals surface area contributed by atoms with E-state index in [0.29, 0.717) is 12.0 Å². The Morgan fingerprint density at radius 2 is 2.27 bits per heavy atom. The Kier molecular flexibility index (Phi) is 2.30. The zero-order chi connectivity index (χ0) is 10.8. The van der Waals surface area contributed by atoms with Crippen LogP contribution in [0.15, 0.2) is 18.2 Å². The second-order valence-electron chi connectivity index (χ2n) is 3.67. The predicted octanol–water partition coefficient (Wildman–Crippen LogP) is 1.70. The van der Waals surface area contributed by atoms with Gasteiger partial charge in [0, 0.05) is 12.5 Å². The Bertz CT molecular complexity index is 448. The minimum absolute atomic E-state index is 0.00143. The fraction of sp³-hybridized carbons (Fsp3) is 0.273. The molecule has 0 bridgehead atoms. The van der Waals surface area contributed by atoms with Gasteiger partial charge in [0.1, 0.15) is 0 Å². The van der Waals surface area contributed by atoms with E-state index >= 15 is 0 Å². The smallest absolute Gasteiger partial charge is 0.226 e. The highest BCUT2D eigenvalue weighted by Crippen LogP contribution is 2.26. The van der Waals surface area contributed by atoms with Gasteiger partial charge in [-0.05, 0) is 25.1 Å². The van der Waals surface area contributed by atoms with Crippen molar-refractivity contribution in [3.63, 3.8) is 0 Å². The average Bonchev–Trinajstić information content (AvgIpc) is 2.33. The number of nitrogens with zero attached hydrogens (tertiary/aromatic N) is 1. The number of anilines is 2. The predicted molar refractivity (Wildman–Crippen MR) is 57.5 cm³/mol. The molecule has 0 saturated heterocycles. The van der Waals surface area contributed by atoms with E-state index in [0.717, 1.165) is 11.4 Å². The minimum Gasteiger partial charge on any atom is -0.380 e. The topological polar surface area (TPSA) is 64.9 Å². The molecule has 2 rings (SSSR count). The van der Waals surface area contributed by atoms with E-state index in [9.17, 15) is 4.79 Å². The molecule has 1 aromatic carbocycles. The third-order valence-corrected chi connectivity index (χ3v) is 2.32. The second kappa shape index (κ2) is 3.62. The molecule has 0 aliphatic carbocycles. The summed E-state index contributed by atoms with van der Waals surface area (Å²) in [7, 11) is 0. The van der Waals surface area contributed by atoms with Crippen LogP contribution < -0.4 is 10.6 Å². The lowest BCUT2D eigenvalue weighted by molar-refractivity contribution is -0.116. The van der Waals surface area contributed by atoms with Gasteiger partial charge in [-0.15, -0.1) is 0 Å². The van der Waals surface area contributed by atoms with Crippen LogP contribution in [0.4, 0.5) is 11.4 Å². The summed E-state index contributed by atoms with van der Waals surface area (Å²) in [5.41, 5.74) is 2.14. The van der Waals surface area contributed by atoms with Crippen molar-refractivity contribution in [1.82, 2.24) is 0 Å². The first kappa shape index (κ1) is 9.53. The summed E-state index contributed by atoms with van der Waals surface area (Å²) in [5, 5.41) is 14.7. The van der Waals surface area contributed by atoms with Crippen LogP contribution in [-0.2, 0) is 4.79 Å². The molecule has 0 fully saturated rings. The SMILES string of the molecule is CC1CC(=O)Nc2ccc(C#N)cc2N1. The maximum atomic E-state index is 11.4. The molecule has 0 spiro atoms. The third kappa shape index (κ3) is 1.91. The van der Waals surface area contributed by atoms with Crippen LogP contribution in [0.3, 0.4) is 0 Å². The largest absolute Gasteiger partial charge is 0.380 e. The molecule has 15 heavy (non-hydrogen) atoms. The fourth-order valence-corrected chi connectivity index (χ4v) is 1.64. The van der Waals surface area contributed by atoms with Crippen molar-refractivity contribution in [2.24, 2.45) is 0 Å². The molecule has 1 atom stereocenters. The first-order chi connectivity index (χ1) is 7.19. The third-order valence-electron chi connectivity index (χ3n) is 2.32. The summed E-state index contributed by atoms with van der Waals surface area (Å²) in [4.78, 5) is 11.4. The maximum absolute atomic E-state index is 11.4. The molecule has 4 heteroatoms. The molecule has 0 saturated carbocycles. The number of carbonyl (C=O) groups excluding carboxylic acids is 1. The van der Waals surface area contributed by atoms with E-state index < -0.39 is 0 Å². The summed E-state index contributed by atoms with van der Waals surface area (Å²) in [6.45, 7) is 1.94. The first-order valence-electron chi connectivity index (χ1n) is 4.79. The van der Waals surface area contributed by atoms with Gasteiger partial charge in [-0.2, -0.15) is 5.26 Å². The lowest BCUT2D eigenvalue weighted by atomic mass is 10.2. The molecule has 1 heterocycles. The van der Waals surface area contributed by atoms with Crippen LogP contribution in [0.25, 0.3) is 0 Å². The number of nitrogens with one attached hydrogen (secondary N) is 2. The summed E-state index contributed by atoms with van der Waals surface area (Å²) >= 11 is 0. The van der Waals surface area contributed by atoms with Crippen LogP contribution in [0.5, 0.6) is 0 Å². The van der Waals surface area contributed by atoms with Gasteiger partial charge in [-0.1, -0.05) is 0 Å². The molecule has 1 aliphatic rings. The van der Waals surface area contributed by atoms with Gasteiger partial charge in [0.05, 0.1) is 23.0 Å². The standard InChI is InChI=1S/C11H11N3O/c1-7-4-11(15)14-9-3-2-8(6-12)5-10(9)13-7/h2-3,5,7,13H,4H2,1H3,(H,14,15). The van der Waals surface area contributed by atoms with E-state index in [-0.39, 0.29) is 11.9 Å². The molecule has 0 radical (unpaired) electrons. The molecule has 76 valence electrons. The van der Waals surface area contributed by atoms with Crippen LogP contribution in [0.1, 0.15) is 18.9 Å². The highest BCUT2D eigenvalue weighted by atomic mass is 16.1. The summed E-state index contributed by atoms with van der Waals surface area (Å²) in [6.07, 6.45) is 0.441. The Morgan fingerprint density at radius 3 is 3.00 bits per heavy atom. The van der Waals surface area contributed by atoms with Crippen LogP contribution >= 0.6 is 0 Å². The number of rotatable bonds is 0. The highest BCUT2D eigenvalue weighted by molar-refractivity contribution is 5.96. The van der Waals surface area contributed by atoms with E-state index in [1.807, 2.05) is 6.92 Å². The van der Waals surface area contributed by atoms with E-state index in [2.05, 4.69) is 16.7 Å². The first-order valence-corrected chi connectivity index (χ1v) is 4.79. The molecule has 1 amide bonds. The molecular weight excluding hydrogens is 190 g/mol. The molecule has 2 N–H and O–H groups in total. The van der Waals surface area contributed by atoms with Gasteiger partial charge in [0.25, 0.3) is 0 Å². The number of hydrogen-bond acceptors (Lipinski definition) is 3. The van der Waals surface area contributed by atoms with Crippen molar-refractivity contribution in [2.45, 2.75) is 19.4 Å². The Balaban J connectivity index is 2.43. The zero-order valence-electron chi connectivity index (χ0n) is 8.37. The number of nitriles is 1. The van der Waals surface area contributed by atoms with Gasteiger partial charge in [-0.3, -0.25) is 4.79 Å². The highest BCUT2D eigenvalue weighted by Gasteiger charge is 2.17. The summed E-state index contributed by atoms with van der Waals surface area (Å²) in [6, 6.07) is 7.34. The molecule has 1 aromatic rings. The van der Waals surface area contributed by atoms with E-state index in [4.69, 9.17) is 5.26 Å². The van der Waals surface area contributed by atoms with E-state index in [1.54, 1.807) is 18.2 Å². The number of carbonyl (C=O) groups is 1. The van der Waals surface area contributed by atoms with Gasteiger partial charge < -0.3 is 10.6 Å². The minimum atomic E-state index is -0.00143. The van der Waals surface area contributed by atoms with Gasteiger partial charge in [0.15, 0.2) is 0 Å². The van der Waals surface area contributed by atoms with Crippen molar-refractivity contribution >= 4 is 17.3 Å². The number of hydrogen-bond donors (Lipinski definition) is 2. The number of fused-ring (bicyclic) bond motifs is 1. The number of benzene rings is 1. The molecule has 4 nitrogen and oxygen atoms in total. The average molecular weight is 201 g/mol. The fourth-order valence-electron chi connectivity index (χ4n) is 1.64. The summed E-state index contributed by atoms with van der Waals surface area (Å²) in [5.74, 6) is -0.00143. The van der Waals surface area contributed by atoms with Crippen molar-refractivity contribution in [3.05, 3.63) is 23.8 Å². The number of amides is 1. The monoisotopic (exact) mass is 201 g/mol. The maximum Gasteiger partial charge on any atom is 0.226 e. The van der Waals surface area contributed by atoms with Crippen LogP contribution in [0.2, 0.25) is 0 Å². The lowest BCUT2D eigenvalue weighted by Gasteiger charge is -2.11.